The fourth-order valence-corrected chi connectivity index (χ4v) is 2.75. The van der Waals surface area contributed by atoms with Gasteiger partial charge in [-0.1, -0.05) is 18.2 Å². The van der Waals surface area contributed by atoms with E-state index in [4.69, 9.17) is 9.47 Å². The molecule has 0 radical (unpaired) electrons. The predicted molar refractivity (Wildman–Crippen MR) is 94.9 cm³/mol. The van der Waals surface area contributed by atoms with E-state index in [1.54, 1.807) is 12.1 Å². The van der Waals surface area contributed by atoms with Gasteiger partial charge in [0.2, 0.25) is 9.84 Å². The standard InChI is InChI=1S/C18H17F2NO6S/c19-18(20)28(24,25)15-8-6-13(7-9-15)17(23)27-12-16(22)21-10-11-26-14-4-2-1-3-5-14/h1-9,18H,10-12H2,(H,21,22). The van der Waals surface area contributed by atoms with E-state index < -0.39 is 39.0 Å². The third-order valence-electron chi connectivity index (χ3n) is 3.42. The number of benzene rings is 2. The number of esters is 1. The fourth-order valence-electron chi connectivity index (χ4n) is 2.03. The van der Waals surface area contributed by atoms with E-state index in [0.29, 0.717) is 5.75 Å². The van der Waals surface area contributed by atoms with Crippen LogP contribution < -0.4 is 10.1 Å². The molecule has 7 nitrogen and oxygen atoms in total. The minimum atomic E-state index is -4.74. The maximum Gasteiger partial charge on any atom is 0.341 e. The Kier molecular flexibility index (Phi) is 7.44. The molecule has 2 aromatic carbocycles. The molecule has 0 atom stereocenters. The second kappa shape index (κ2) is 9.79. The number of para-hydroxylation sites is 1. The normalized spacial score (nSPS) is 11.1. The van der Waals surface area contributed by atoms with Gasteiger partial charge in [0.1, 0.15) is 12.4 Å². The topological polar surface area (TPSA) is 98.8 Å². The lowest BCUT2D eigenvalue weighted by atomic mass is 10.2. The average molecular weight is 413 g/mol. The van der Waals surface area contributed by atoms with Crippen LogP contribution in [0.2, 0.25) is 0 Å². The summed E-state index contributed by atoms with van der Waals surface area (Å²) in [5, 5.41) is 2.50. The van der Waals surface area contributed by atoms with Gasteiger partial charge in [0.05, 0.1) is 17.0 Å². The first-order chi connectivity index (χ1) is 13.3. The van der Waals surface area contributed by atoms with Crippen LogP contribution >= 0.6 is 0 Å². The van der Waals surface area contributed by atoms with Crippen molar-refractivity contribution in [2.75, 3.05) is 19.8 Å². The molecule has 0 aliphatic heterocycles. The lowest BCUT2D eigenvalue weighted by molar-refractivity contribution is -0.124. The number of sulfone groups is 1. The molecule has 1 N–H and O–H groups in total. The molecule has 0 aliphatic rings. The summed E-state index contributed by atoms with van der Waals surface area (Å²) < 4.78 is 57.7. The highest BCUT2D eigenvalue weighted by Gasteiger charge is 2.26. The van der Waals surface area contributed by atoms with E-state index in [1.165, 1.54) is 0 Å². The first-order valence-electron chi connectivity index (χ1n) is 8.04. The number of hydrogen-bond donors (Lipinski definition) is 1. The highest BCUT2D eigenvalue weighted by atomic mass is 32.2. The molecule has 0 spiro atoms. The molecule has 0 aliphatic carbocycles. The second-order valence-corrected chi connectivity index (χ2v) is 7.34. The monoisotopic (exact) mass is 413 g/mol. The van der Waals surface area contributed by atoms with Gasteiger partial charge in [-0.3, -0.25) is 4.79 Å². The number of alkyl halides is 2. The molecule has 1 amide bonds. The average Bonchev–Trinajstić information content (AvgIpc) is 2.70. The Hall–Kier alpha value is -3.01. The van der Waals surface area contributed by atoms with Crippen LogP contribution in [0, 0.1) is 0 Å². The van der Waals surface area contributed by atoms with Crippen molar-refractivity contribution < 1.29 is 36.3 Å². The minimum absolute atomic E-state index is 0.0755. The fraction of sp³-hybridized carbons (Fsp3) is 0.222. The summed E-state index contributed by atoms with van der Waals surface area (Å²) in [4.78, 5) is 22.9. The molecular weight excluding hydrogens is 396 g/mol. The third-order valence-corrected chi connectivity index (χ3v) is 4.82. The molecule has 150 valence electrons. The third kappa shape index (κ3) is 6.02. The Morgan fingerprint density at radius 3 is 2.25 bits per heavy atom. The summed E-state index contributed by atoms with van der Waals surface area (Å²) in [6.45, 7) is -0.128. The number of carbonyl (C=O) groups excluding carboxylic acids is 2. The van der Waals surface area contributed by atoms with Gasteiger partial charge in [0.25, 0.3) is 5.91 Å². The van der Waals surface area contributed by atoms with Crippen molar-refractivity contribution in [2.45, 2.75) is 10.7 Å². The van der Waals surface area contributed by atoms with Gasteiger partial charge in [0.15, 0.2) is 6.61 Å². The maximum absolute atomic E-state index is 12.5. The summed E-state index contributed by atoms with van der Waals surface area (Å²) in [5.41, 5.74) is -0.0755. The van der Waals surface area contributed by atoms with Crippen molar-refractivity contribution in [3.05, 3.63) is 60.2 Å². The van der Waals surface area contributed by atoms with Crippen LogP contribution in [0.25, 0.3) is 0 Å². The number of ether oxygens (including phenoxy) is 2. The lowest BCUT2D eigenvalue weighted by Gasteiger charge is -2.08. The molecule has 0 unspecified atom stereocenters. The summed E-state index contributed by atoms with van der Waals surface area (Å²) in [6.07, 6.45) is 0. The van der Waals surface area contributed by atoms with Crippen molar-refractivity contribution in [1.29, 1.82) is 0 Å². The SMILES string of the molecule is O=C(COC(=O)c1ccc(S(=O)(=O)C(F)F)cc1)NCCOc1ccccc1. The van der Waals surface area contributed by atoms with Gasteiger partial charge in [-0.05, 0) is 36.4 Å². The van der Waals surface area contributed by atoms with Crippen LogP contribution in [0.5, 0.6) is 5.75 Å². The van der Waals surface area contributed by atoms with Crippen molar-refractivity contribution in [1.82, 2.24) is 5.32 Å². The van der Waals surface area contributed by atoms with Gasteiger partial charge in [-0.15, -0.1) is 0 Å². The Morgan fingerprint density at radius 1 is 1.00 bits per heavy atom. The predicted octanol–water partition coefficient (Wildman–Crippen LogP) is 2.03. The first-order valence-corrected chi connectivity index (χ1v) is 9.59. The summed E-state index contributed by atoms with van der Waals surface area (Å²) >= 11 is 0. The van der Waals surface area contributed by atoms with Gasteiger partial charge in [0, 0.05) is 0 Å². The Morgan fingerprint density at radius 2 is 1.64 bits per heavy atom. The van der Waals surface area contributed by atoms with Gasteiger partial charge in [-0.2, -0.15) is 8.78 Å². The Bertz CT molecular complexity index is 901. The van der Waals surface area contributed by atoms with E-state index >= 15 is 0 Å². The highest BCUT2D eigenvalue weighted by molar-refractivity contribution is 7.91. The van der Waals surface area contributed by atoms with E-state index in [9.17, 15) is 26.8 Å². The summed E-state index contributed by atoms with van der Waals surface area (Å²) in [5.74, 6) is -4.35. The summed E-state index contributed by atoms with van der Waals surface area (Å²) in [7, 11) is -4.74. The number of nitrogens with one attached hydrogen (secondary N) is 1. The number of halogens is 2. The largest absolute Gasteiger partial charge is 0.492 e. The van der Waals surface area contributed by atoms with Crippen LogP contribution in [0.3, 0.4) is 0 Å². The minimum Gasteiger partial charge on any atom is -0.492 e. The zero-order valence-corrected chi connectivity index (χ0v) is 15.3. The Balaban J connectivity index is 1.74. The number of amides is 1. The van der Waals surface area contributed by atoms with Crippen molar-refractivity contribution in [3.8, 4) is 5.75 Å². The van der Waals surface area contributed by atoms with Crippen LogP contribution in [-0.4, -0.2) is 45.8 Å². The zero-order valence-electron chi connectivity index (χ0n) is 14.5. The van der Waals surface area contributed by atoms with E-state index in [0.717, 1.165) is 24.3 Å². The highest BCUT2D eigenvalue weighted by Crippen LogP contribution is 2.18. The molecule has 2 rings (SSSR count). The molecule has 0 saturated heterocycles. The summed E-state index contributed by atoms with van der Waals surface area (Å²) in [6, 6.07) is 12.8. The molecule has 0 saturated carbocycles. The van der Waals surface area contributed by atoms with Crippen molar-refractivity contribution >= 4 is 21.7 Å². The maximum atomic E-state index is 12.5. The molecular formula is C18H17F2NO6S. The van der Waals surface area contributed by atoms with E-state index in [1.807, 2.05) is 18.2 Å². The molecule has 0 fully saturated rings. The quantitative estimate of drug-likeness (QED) is 0.499. The van der Waals surface area contributed by atoms with Gasteiger partial charge in [-0.25, -0.2) is 13.2 Å². The van der Waals surface area contributed by atoms with Crippen LogP contribution in [0.1, 0.15) is 10.4 Å². The number of hydrogen-bond acceptors (Lipinski definition) is 6. The van der Waals surface area contributed by atoms with Crippen molar-refractivity contribution in [2.24, 2.45) is 0 Å². The smallest absolute Gasteiger partial charge is 0.341 e. The lowest BCUT2D eigenvalue weighted by Crippen LogP contribution is -2.32. The van der Waals surface area contributed by atoms with Crippen molar-refractivity contribution in [3.63, 3.8) is 0 Å². The van der Waals surface area contributed by atoms with Crippen LogP contribution in [0.15, 0.2) is 59.5 Å². The molecule has 0 aromatic heterocycles. The Labute approximate surface area is 160 Å². The molecule has 28 heavy (non-hydrogen) atoms. The van der Waals surface area contributed by atoms with Gasteiger partial charge >= 0.3 is 11.7 Å². The number of rotatable bonds is 9. The van der Waals surface area contributed by atoms with Crippen LogP contribution in [-0.2, 0) is 19.4 Å². The second-order valence-electron chi connectivity index (χ2n) is 5.42. The van der Waals surface area contributed by atoms with Gasteiger partial charge < -0.3 is 14.8 Å². The molecule has 0 heterocycles. The molecule has 2 aromatic rings. The first kappa shape index (κ1) is 21.3. The van der Waals surface area contributed by atoms with E-state index in [2.05, 4.69) is 5.32 Å². The number of carbonyl (C=O) groups is 2. The van der Waals surface area contributed by atoms with E-state index in [-0.39, 0.29) is 18.7 Å². The molecule has 0 bridgehead atoms. The molecule has 10 heteroatoms. The van der Waals surface area contributed by atoms with Crippen LogP contribution in [0.4, 0.5) is 8.78 Å². The zero-order chi connectivity index (χ0) is 20.6.